The summed E-state index contributed by atoms with van der Waals surface area (Å²) in [6.45, 7) is 2.18. The molecule has 126 valence electrons. The third-order valence-electron chi connectivity index (χ3n) is 4.43. The van der Waals surface area contributed by atoms with Gasteiger partial charge in [0.05, 0.1) is 11.6 Å². The Morgan fingerprint density at radius 2 is 2.16 bits per heavy atom. The summed E-state index contributed by atoms with van der Waals surface area (Å²) in [5.41, 5.74) is 3.46. The molecule has 1 aliphatic rings. The summed E-state index contributed by atoms with van der Waals surface area (Å²) in [4.78, 5) is 28.9. The number of anilines is 1. The maximum atomic E-state index is 12.5. The third-order valence-corrected chi connectivity index (χ3v) is 4.43. The summed E-state index contributed by atoms with van der Waals surface area (Å²) >= 11 is 0. The molecule has 0 radical (unpaired) electrons. The molecule has 2 N–H and O–H groups in total. The third kappa shape index (κ3) is 2.63. The van der Waals surface area contributed by atoms with Crippen molar-refractivity contribution >= 4 is 23.1 Å². The molecule has 25 heavy (non-hydrogen) atoms. The van der Waals surface area contributed by atoms with Gasteiger partial charge in [-0.25, -0.2) is 9.50 Å². The standard InChI is InChI=1S/C18H17N5O2/c1-11-15(16-19-8-4-10-23(16)22-11)18(25)20-9-7-13-12-5-2-3-6-14(12)21-17(13)24/h2-6,8,10,13H,7,9H2,1H3,(H,20,25)(H,21,24). The summed E-state index contributed by atoms with van der Waals surface area (Å²) in [7, 11) is 0. The molecule has 4 rings (SSSR count). The normalized spacial score (nSPS) is 15.9. The van der Waals surface area contributed by atoms with Crippen molar-refractivity contribution < 1.29 is 9.59 Å². The van der Waals surface area contributed by atoms with Crippen molar-refractivity contribution in [3.8, 4) is 0 Å². The van der Waals surface area contributed by atoms with Crippen LogP contribution in [-0.4, -0.2) is 33.0 Å². The topological polar surface area (TPSA) is 88.4 Å². The number of para-hydroxylation sites is 1. The monoisotopic (exact) mass is 335 g/mol. The Kier molecular flexibility index (Phi) is 3.68. The van der Waals surface area contributed by atoms with Gasteiger partial charge in [-0.15, -0.1) is 0 Å². The molecule has 2 amide bonds. The van der Waals surface area contributed by atoms with Crippen LogP contribution >= 0.6 is 0 Å². The number of nitrogens with one attached hydrogen (secondary N) is 2. The van der Waals surface area contributed by atoms with Crippen molar-refractivity contribution in [2.24, 2.45) is 0 Å². The second kappa shape index (κ2) is 6.01. The molecule has 1 aliphatic heterocycles. The lowest BCUT2D eigenvalue weighted by Crippen LogP contribution is -2.27. The van der Waals surface area contributed by atoms with Crippen LogP contribution in [0.15, 0.2) is 42.7 Å². The molecule has 1 atom stereocenters. The van der Waals surface area contributed by atoms with E-state index in [0.717, 1.165) is 11.3 Å². The summed E-state index contributed by atoms with van der Waals surface area (Å²) in [5, 5.41) is 10.0. The van der Waals surface area contributed by atoms with Crippen LogP contribution in [0.5, 0.6) is 0 Å². The largest absolute Gasteiger partial charge is 0.352 e. The zero-order chi connectivity index (χ0) is 17.4. The highest BCUT2D eigenvalue weighted by atomic mass is 16.2. The number of carbonyl (C=O) groups is 2. The van der Waals surface area contributed by atoms with Crippen LogP contribution in [0.2, 0.25) is 0 Å². The fourth-order valence-corrected chi connectivity index (χ4v) is 3.24. The van der Waals surface area contributed by atoms with Crippen LogP contribution in [0.4, 0.5) is 5.69 Å². The van der Waals surface area contributed by atoms with Crippen molar-refractivity contribution in [1.29, 1.82) is 0 Å². The first kappa shape index (κ1) is 15.3. The van der Waals surface area contributed by atoms with Crippen molar-refractivity contribution in [1.82, 2.24) is 19.9 Å². The van der Waals surface area contributed by atoms with Crippen molar-refractivity contribution in [2.75, 3.05) is 11.9 Å². The molecule has 0 bridgehead atoms. The molecule has 0 saturated carbocycles. The number of aryl methyl sites for hydroxylation is 1. The van der Waals surface area contributed by atoms with Crippen molar-refractivity contribution in [3.63, 3.8) is 0 Å². The van der Waals surface area contributed by atoms with Gasteiger partial charge in [0, 0.05) is 24.6 Å². The van der Waals surface area contributed by atoms with Crippen molar-refractivity contribution in [2.45, 2.75) is 19.3 Å². The zero-order valence-corrected chi connectivity index (χ0v) is 13.7. The molecule has 1 unspecified atom stereocenters. The van der Waals surface area contributed by atoms with E-state index in [1.807, 2.05) is 24.3 Å². The quantitative estimate of drug-likeness (QED) is 0.762. The number of benzene rings is 1. The number of rotatable bonds is 4. The number of aromatic nitrogens is 3. The van der Waals surface area contributed by atoms with E-state index in [1.165, 1.54) is 0 Å². The van der Waals surface area contributed by atoms with E-state index in [-0.39, 0.29) is 17.7 Å². The number of amides is 2. The fraction of sp³-hybridized carbons (Fsp3) is 0.222. The van der Waals surface area contributed by atoms with Gasteiger partial charge in [0.2, 0.25) is 5.91 Å². The summed E-state index contributed by atoms with van der Waals surface area (Å²) < 4.78 is 1.59. The van der Waals surface area contributed by atoms with E-state index in [0.29, 0.717) is 29.9 Å². The van der Waals surface area contributed by atoms with E-state index in [9.17, 15) is 9.59 Å². The molecular formula is C18H17N5O2. The molecule has 0 fully saturated rings. The predicted molar refractivity (Wildman–Crippen MR) is 92.5 cm³/mol. The Bertz CT molecular complexity index is 979. The Balaban J connectivity index is 1.46. The first-order valence-corrected chi connectivity index (χ1v) is 8.13. The Morgan fingerprint density at radius 3 is 3.04 bits per heavy atom. The van der Waals surface area contributed by atoms with E-state index < -0.39 is 0 Å². The Labute approximate surface area is 144 Å². The molecule has 0 spiro atoms. The number of hydrogen-bond donors (Lipinski definition) is 2. The molecule has 0 saturated heterocycles. The zero-order valence-electron chi connectivity index (χ0n) is 13.7. The van der Waals surface area contributed by atoms with Gasteiger partial charge in [-0.05, 0) is 31.0 Å². The minimum absolute atomic E-state index is 0.0238. The van der Waals surface area contributed by atoms with Gasteiger partial charge in [-0.3, -0.25) is 9.59 Å². The molecule has 7 nitrogen and oxygen atoms in total. The molecule has 7 heteroatoms. The summed E-state index contributed by atoms with van der Waals surface area (Å²) in [6.07, 6.45) is 3.93. The van der Waals surface area contributed by atoms with Crippen LogP contribution in [0.3, 0.4) is 0 Å². The molecule has 0 aliphatic carbocycles. The number of hydrogen-bond acceptors (Lipinski definition) is 4. The number of fused-ring (bicyclic) bond motifs is 2. The summed E-state index contributed by atoms with van der Waals surface area (Å²) in [6, 6.07) is 9.40. The highest BCUT2D eigenvalue weighted by Crippen LogP contribution is 2.33. The van der Waals surface area contributed by atoms with E-state index >= 15 is 0 Å². The average molecular weight is 335 g/mol. The van der Waals surface area contributed by atoms with E-state index in [2.05, 4.69) is 20.7 Å². The lowest BCUT2D eigenvalue weighted by Gasteiger charge is -2.09. The second-order valence-corrected chi connectivity index (χ2v) is 6.02. The molecule has 3 aromatic rings. The van der Waals surface area contributed by atoms with Crippen LogP contribution in [0, 0.1) is 6.92 Å². The van der Waals surface area contributed by atoms with Gasteiger partial charge in [0.1, 0.15) is 5.56 Å². The molecule has 1 aromatic carbocycles. The Morgan fingerprint density at radius 1 is 1.32 bits per heavy atom. The van der Waals surface area contributed by atoms with Gasteiger partial charge in [-0.2, -0.15) is 5.10 Å². The highest BCUT2D eigenvalue weighted by molar-refractivity contribution is 6.03. The molecule has 2 aromatic heterocycles. The van der Waals surface area contributed by atoms with E-state index in [1.54, 1.807) is 29.9 Å². The first-order chi connectivity index (χ1) is 12.1. The fourth-order valence-electron chi connectivity index (χ4n) is 3.24. The van der Waals surface area contributed by atoms with Gasteiger partial charge in [0.25, 0.3) is 5.91 Å². The average Bonchev–Trinajstić information content (AvgIpc) is 3.11. The predicted octanol–water partition coefficient (Wildman–Crippen LogP) is 1.89. The maximum Gasteiger partial charge on any atom is 0.257 e. The smallest absolute Gasteiger partial charge is 0.257 e. The lowest BCUT2D eigenvalue weighted by atomic mass is 9.97. The lowest BCUT2D eigenvalue weighted by molar-refractivity contribution is -0.117. The van der Waals surface area contributed by atoms with Crippen molar-refractivity contribution in [3.05, 3.63) is 59.5 Å². The summed E-state index contributed by atoms with van der Waals surface area (Å²) in [5.74, 6) is -0.484. The van der Waals surface area contributed by atoms with Crippen LogP contribution in [-0.2, 0) is 4.79 Å². The maximum absolute atomic E-state index is 12.5. The van der Waals surface area contributed by atoms with Crippen LogP contribution < -0.4 is 10.6 Å². The minimum Gasteiger partial charge on any atom is -0.352 e. The van der Waals surface area contributed by atoms with Gasteiger partial charge in [0.15, 0.2) is 5.65 Å². The number of nitrogens with zero attached hydrogens (tertiary/aromatic N) is 3. The van der Waals surface area contributed by atoms with E-state index in [4.69, 9.17) is 0 Å². The highest BCUT2D eigenvalue weighted by Gasteiger charge is 2.29. The second-order valence-electron chi connectivity index (χ2n) is 6.02. The van der Waals surface area contributed by atoms with Crippen LogP contribution in [0.25, 0.3) is 5.65 Å². The van der Waals surface area contributed by atoms with Gasteiger partial charge < -0.3 is 10.6 Å². The molecule has 3 heterocycles. The SMILES string of the molecule is Cc1nn2cccnc2c1C(=O)NCCC1C(=O)Nc2ccccc21. The minimum atomic E-state index is -0.236. The first-order valence-electron chi connectivity index (χ1n) is 8.13. The molecular weight excluding hydrogens is 318 g/mol. The number of carbonyl (C=O) groups excluding carboxylic acids is 2. The van der Waals surface area contributed by atoms with Gasteiger partial charge >= 0.3 is 0 Å². The Hall–Kier alpha value is -3.22. The van der Waals surface area contributed by atoms with Gasteiger partial charge in [-0.1, -0.05) is 18.2 Å². The van der Waals surface area contributed by atoms with Crippen LogP contribution in [0.1, 0.15) is 34.0 Å².